The third-order valence-electron chi connectivity index (χ3n) is 5.55. The number of unbranched alkanes of at least 4 members (excludes halogenated alkanes) is 1. The molecule has 1 fully saturated rings. The summed E-state index contributed by atoms with van der Waals surface area (Å²) in [5, 5.41) is 1.15. The summed E-state index contributed by atoms with van der Waals surface area (Å²) in [4.78, 5) is 9.49. The predicted molar refractivity (Wildman–Crippen MR) is 106 cm³/mol. The minimum absolute atomic E-state index is 0.543. The quantitative estimate of drug-likeness (QED) is 0.717. The lowest BCUT2D eigenvalue weighted by Crippen LogP contribution is -2.18. The summed E-state index contributed by atoms with van der Waals surface area (Å²) in [5.41, 5.74) is 9.24. The van der Waals surface area contributed by atoms with Crippen LogP contribution in [0.4, 0.5) is 5.82 Å². The molecule has 0 aliphatic carbocycles. The zero-order valence-electron chi connectivity index (χ0n) is 15.6. The van der Waals surface area contributed by atoms with Crippen molar-refractivity contribution < 1.29 is 4.74 Å². The summed E-state index contributed by atoms with van der Waals surface area (Å²) in [6, 6.07) is 8.26. The van der Waals surface area contributed by atoms with Crippen molar-refractivity contribution in [1.29, 1.82) is 0 Å². The second-order valence-corrected chi connectivity index (χ2v) is 7.34. The highest BCUT2D eigenvalue weighted by molar-refractivity contribution is 6.06. The van der Waals surface area contributed by atoms with E-state index in [-0.39, 0.29) is 0 Å². The van der Waals surface area contributed by atoms with Gasteiger partial charge in [-0.15, -0.1) is 0 Å². The lowest BCUT2D eigenvalue weighted by Gasteiger charge is -2.22. The first kappa shape index (κ1) is 17.3. The van der Waals surface area contributed by atoms with Crippen LogP contribution in [-0.4, -0.2) is 27.7 Å². The Kier molecular flexibility index (Phi) is 5.07. The third-order valence-corrected chi connectivity index (χ3v) is 5.55. The maximum atomic E-state index is 6.27. The van der Waals surface area contributed by atoms with Crippen LogP contribution in [0.3, 0.4) is 0 Å². The van der Waals surface area contributed by atoms with Crippen LogP contribution < -0.4 is 5.73 Å². The van der Waals surface area contributed by atoms with Gasteiger partial charge in [0.1, 0.15) is 11.3 Å². The number of nitrogens with two attached hydrogens (primary N) is 1. The number of ether oxygens (including phenoxy) is 1. The highest BCUT2D eigenvalue weighted by Crippen LogP contribution is 2.30. The molecule has 0 bridgehead atoms. The second-order valence-electron chi connectivity index (χ2n) is 7.34. The van der Waals surface area contributed by atoms with Gasteiger partial charge in [-0.2, -0.15) is 0 Å². The van der Waals surface area contributed by atoms with Crippen molar-refractivity contribution in [3.05, 3.63) is 30.1 Å². The van der Waals surface area contributed by atoms with Crippen molar-refractivity contribution in [2.45, 2.75) is 52.0 Å². The Morgan fingerprint density at radius 3 is 2.81 bits per heavy atom. The van der Waals surface area contributed by atoms with Crippen molar-refractivity contribution in [2.75, 3.05) is 18.9 Å². The molecule has 5 nitrogen and oxygen atoms in total. The maximum Gasteiger partial charge on any atom is 0.152 e. The zero-order valence-corrected chi connectivity index (χ0v) is 15.6. The van der Waals surface area contributed by atoms with Crippen LogP contribution in [0.25, 0.3) is 21.9 Å². The van der Waals surface area contributed by atoms with E-state index in [1.54, 1.807) is 0 Å². The number of aryl methyl sites for hydroxylation is 2. The van der Waals surface area contributed by atoms with Gasteiger partial charge in [0, 0.05) is 31.6 Å². The Morgan fingerprint density at radius 1 is 1.19 bits per heavy atom. The van der Waals surface area contributed by atoms with Crippen LogP contribution in [0, 0.1) is 5.92 Å². The fraction of sp³-hybridized carbons (Fsp3) is 0.524. The van der Waals surface area contributed by atoms with Crippen molar-refractivity contribution in [3.8, 4) is 0 Å². The van der Waals surface area contributed by atoms with Gasteiger partial charge in [-0.25, -0.2) is 9.97 Å². The zero-order chi connectivity index (χ0) is 17.9. The molecule has 3 heterocycles. The molecule has 1 aromatic carbocycles. The average molecular weight is 352 g/mol. The van der Waals surface area contributed by atoms with Gasteiger partial charge in [-0.3, -0.25) is 0 Å². The van der Waals surface area contributed by atoms with E-state index in [4.69, 9.17) is 15.5 Å². The first-order valence-corrected chi connectivity index (χ1v) is 9.89. The molecule has 0 radical (unpaired) electrons. The number of rotatable bonds is 6. The Morgan fingerprint density at radius 2 is 2.00 bits per heavy atom. The minimum atomic E-state index is 0.543. The number of nitrogens with zero attached hydrogens (tertiary/aromatic N) is 3. The van der Waals surface area contributed by atoms with E-state index in [1.807, 2.05) is 12.1 Å². The highest BCUT2D eigenvalue weighted by atomic mass is 16.5. The minimum Gasteiger partial charge on any atom is -0.382 e. The van der Waals surface area contributed by atoms with Crippen LogP contribution >= 0.6 is 0 Å². The SMILES string of the molecule is CCCCc1nc2c(N)nc3ccccc3c2n1CCC1CCOCC1. The number of hydrogen-bond acceptors (Lipinski definition) is 4. The van der Waals surface area contributed by atoms with Crippen LogP contribution in [-0.2, 0) is 17.7 Å². The predicted octanol–water partition coefficient (Wildman–Crippen LogP) is 4.33. The number of pyridine rings is 1. The molecule has 1 aliphatic rings. The van der Waals surface area contributed by atoms with Gasteiger partial charge in [-0.1, -0.05) is 31.5 Å². The summed E-state index contributed by atoms with van der Waals surface area (Å²) < 4.78 is 7.93. The second kappa shape index (κ2) is 7.62. The van der Waals surface area contributed by atoms with E-state index < -0.39 is 0 Å². The normalized spacial score (nSPS) is 15.9. The molecule has 0 unspecified atom stereocenters. The van der Waals surface area contributed by atoms with Gasteiger partial charge < -0.3 is 15.0 Å². The molecule has 26 heavy (non-hydrogen) atoms. The van der Waals surface area contributed by atoms with E-state index in [0.717, 1.165) is 72.7 Å². The smallest absolute Gasteiger partial charge is 0.152 e. The average Bonchev–Trinajstić information content (AvgIpc) is 3.05. The summed E-state index contributed by atoms with van der Waals surface area (Å²) in [6.07, 6.45) is 6.81. The van der Waals surface area contributed by atoms with Gasteiger partial charge in [0.05, 0.1) is 11.0 Å². The van der Waals surface area contributed by atoms with Crippen LogP contribution in [0.1, 0.15) is 44.9 Å². The van der Waals surface area contributed by atoms with Gasteiger partial charge in [0.15, 0.2) is 5.82 Å². The van der Waals surface area contributed by atoms with Crippen molar-refractivity contribution >= 4 is 27.8 Å². The van der Waals surface area contributed by atoms with E-state index in [1.165, 1.54) is 19.3 Å². The number of benzene rings is 1. The van der Waals surface area contributed by atoms with Gasteiger partial charge in [-0.05, 0) is 37.7 Å². The maximum absolute atomic E-state index is 6.27. The fourth-order valence-electron chi connectivity index (χ4n) is 4.02. The van der Waals surface area contributed by atoms with E-state index in [9.17, 15) is 0 Å². The topological polar surface area (TPSA) is 66.0 Å². The van der Waals surface area contributed by atoms with Crippen LogP contribution in [0.2, 0.25) is 0 Å². The van der Waals surface area contributed by atoms with Crippen molar-refractivity contribution in [2.24, 2.45) is 5.92 Å². The Balaban J connectivity index is 1.78. The Hall–Kier alpha value is -2.14. The molecular formula is C21H28N4O. The van der Waals surface area contributed by atoms with Gasteiger partial charge in [0.25, 0.3) is 0 Å². The number of para-hydroxylation sites is 1. The number of aromatic nitrogens is 3. The third kappa shape index (κ3) is 3.28. The number of imidazole rings is 1. The molecule has 0 atom stereocenters. The fourth-order valence-corrected chi connectivity index (χ4v) is 4.02. The molecule has 2 N–H and O–H groups in total. The first-order chi connectivity index (χ1) is 12.8. The largest absolute Gasteiger partial charge is 0.382 e. The first-order valence-electron chi connectivity index (χ1n) is 9.89. The summed E-state index contributed by atoms with van der Waals surface area (Å²) in [6.45, 7) is 5.02. The van der Waals surface area contributed by atoms with E-state index in [0.29, 0.717) is 5.82 Å². The molecule has 0 saturated carbocycles. The molecule has 5 heteroatoms. The van der Waals surface area contributed by atoms with Gasteiger partial charge in [0.2, 0.25) is 0 Å². The molecule has 4 rings (SSSR count). The number of fused-ring (bicyclic) bond motifs is 3. The van der Waals surface area contributed by atoms with Gasteiger partial charge >= 0.3 is 0 Å². The Labute approximate surface area is 154 Å². The van der Waals surface area contributed by atoms with Crippen molar-refractivity contribution in [3.63, 3.8) is 0 Å². The lowest BCUT2D eigenvalue weighted by atomic mass is 9.96. The summed E-state index contributed by atoms with van der Waals surface area (Å²) in [5.74, 6) is 2.44. The van der Waals surface area contributed by atoms with E-state index >= 15 is 0 Å². The number of anilines is 1. The molecule has 3 aromatic rings. The monoisotopic (exact) mass is 352 g/mol. The summed E-state index contributed by atoms with van der Waals surface area (Å²) >= 11 is 0. The summed E-state index contributed by atoms with van der Waals surface area (Å²) in [7, 11) is 0. The van der Waals surface area contributed by atoms with Crippen LogP contribution in [0.15, 0.2) is 24.3 Å². The molecule has 2 aromatic heterocycles. The molecule has 1 aliphatic heterocycles. The molecule has 138 valence electrons. The molecule has 0 spiro atoms. The molecule has 0 amide bonds. The van der Waals surface area contributed by atoms with Crippen LogP contribution in [0.5, 0.6) is 0 Å². The standard InChI is InChI=1S/C21H28N4O/c1-2-3-8-18-24-19-20(16-6-4-5-7-17(16)23-21(19)22)25(18)12-9-15-10-13-26-14-11-15/h4-7,15H,2-3,8-14H2,1H3,(H2,22,23). The van der Waals surface area contributed by atoms with E-state index in [2.05, 4.69) is 28.6 Å². The molecule has 1 saturated heterocycles. The Bertz CT molecular complexity index is 896. The highest BCUT2D eigenvalue weighted by Gasteiger charge is 2.19. The molecular weight excluding hydrogens is 324 g/mol. The number of nitrogen functional groups attached to an aromatic ring is 1. The lowest BCUT2D eigenvalue weighted by molar-refractivity contribution is 0.0626. The van der Waals surface area contributed by atoms with Crippen molar-refractivity contribution in [1.82, 2.24) is 14.5 Å². The number of hydrogen-bond donors (Lipinski definition) is 1.